The van der Waals surface area contributed by atoms with E-state index in [-0.39, 0.29) is 11.6 Å². The number of ether oxygens (including phenoxy) is 1. The lowest BCUT2D eigenvalue weighted by atomic mass is 9.77. The van der Waals surface area contributed by atoms with Gasteiger partial charge in [-0.05, 0) is 31.3 Å². The fourth-order valence-electron chi connectivity index (χ4n) is 2.21. The molecule has 0 amide bonds. The zero-order valence-corrected chi connectivity index (χ0v) is 7.38. The summed E-state index contributed by atoms with van der Waals surface area (Å²) in [4.78, 5) is 11.0. The highest BCUT2D eigenvalue weighted by atomic mass is 16.6. The highest BCUT2D eigenvalue weighted by Crippen LogP contribution is 2.40. The molecule has 0 N–H and O–H groups in total. The van der Waals surface area contributed by atoms with Gasteiger partial charge in [-0.15, -0.1) is 0 Å². The van der Waals surface area contributed by atoms with Gasteiger partial charge in [0.05, 0.1) is 0 Å². The van der Waals surface area contributed by atoms with Crippen molar-refractivity contribution >= 4 is 5.97 Å². The second-order valence-electron chi connectivity index (χ2n) is 3.86. The highest BCUT2D eigenvalue weighted by molar-refractivity contribution is 5.85. The second-order valence-corrected chi connectivity index (χ2v) is 3.86. The first-order valence-corrected chi connectivity index (χ1v) is 4.65. The van der Waals surface area contributed by atoms with Crippen molar-refractivity contribution in [1.29, 1.82) is 0 Å². The maximum atomic E-state index is 11.0. The van der Waals surface area contributed by atoms with Gasteiger partial charge in [-0.1, -0.05) is 13.3 Å². The van der Waals surface area contributed by atoms with Crippen LogP contribution in [0.2, 0.25) is 0 Å². The van der Waals surface area contributed by atoms with Crippen molar-refractivity contribution in [2.45, 2.75) is 38.2 Å². The maximum absolute atomic E-state index is 11.0. The van der Waals surface area contributed by atoms with Gasteiger partial charge in [-0.25, -0.2) is 4.79 Å². The molecule has 1 spiro atoms. The molecule has 66 valence electrons. The van der Waals surface area contributed by atoms with Crippen LogP contribution < -0.4 is 0 Å². The van der Waals surface area contributed by atoms with E-state index in [1.165, 1.54) is 19.3 Å². The van der Waals surface area contributed by atoms with E-state index < -0.39 is 0 Å². The molecule has 2 heteroatoms. The quantitative estimate of drug-likeness (QED) is 0.515. The average molecular weight is 166 g/mol. The van der Waals surface area contributed by atoms with Crippen LogP contribution >= 0.6 is 0 Å². The number of hydrogen-bond acceptors (Lipinski definition) is 2. The standard InChI is InChI=1S/C10H14O2/c1-8-4-2-3-6-10(8)7-5-9(11)12-10/h5,7-8H,2-4,6H2,1H3/t8-,10-/m0/s1. The second kappa shape index (κ2) is 2.61. The van der Waals surface area contributed by atoms with E-state index in [1.54, 1.807) is 6.08 Å². The molecular formula is C10H14O2. The summed E-state index contributed by atoms with van der Waals surface area (Å²) in [6.07, 6.45) is 8.17. The zero-order valence-electron chi connectivity index (χ0n) is 7.38. The molecule has 2 atom stereocenters. The molecule has 0 aromatic heterocycles. The van der Waals surface area contributed by atoms with Crippen LogP contribution in [0, 0.1) is 5.92 Å². The van der Waals surface area contributed by atoms with Crippen LogP contribution in [0.3, 0.4) is 0 Å². The van der Waals surface area contributed by atoms with Crippen molar-refractivity contribution in [3.63, 3.8) is 0 Å². The van der Waals surface area contributed by atoms with E-state index in [0.29, 0.717) is 5.92 Å². The van der Waals surface area contributed by atoms with Gasteiger partial charge in [0, 0.05) is 6.08 Å². The summed E-state index contributed by atoms with van der Waals surface area (Å²) < 4.78 is 5.35. The van der Waals surface area contributed by atoms with Crippen LogP contribution in [0.4, 0.5) is 0 Å². The Kier molecular flexibility index (Phi) is 1.71. The molecule has 1 heterocycles. The Balaban J connectivity index is 2.19. The number of rotatable bonds is 0. The Morgan fingerprint density at radius 2 is 2.42 bits per heavy atom. The molecule has 1 saturated carbocycles. The predicted molar refractivity (Wildman–Crippen MR) is 45.6 cm³/mol. The van der Waals surface area contributed by atoms with E-state index in [2.05, 4.69) is 6.92 Å². The molecular weight excluding hydrogens is 152 g/mol. The minimum atomic E-state index is -0.227. The summed E-state index contributed by atoms with van der Waals surface area (Å²) in [5.74, 6) is 0.331. The van der Waals surface area contributed by atoms with Crippen LogP contribution in [0.15, 0.2) is 12.2 Å². The lowest BCUT2D eigenvalue weighted by molar-refractivity contribution is -0.151. The van der Waals surface area contributed by atoms with Crippen molar-refractivity contribution in [3.8, 4) is 0 Å². The van der Waals surface area contributed by atoms with Crippen molar-refractivity contribution in [2.24, 2.45) is 5.92 Å². The minimum absolute atomic E-state index is 0.163. The van der Waals surface area contributed by atoms with Gasteiger partial charge < -0.3 is 4.74 Å². The van der Waals surface area contributed by atoms with Gasteiger partial charge in [-0.3, -0.25) is 0 Å². The van der Waals surface area contributed by atoms with Crippen LogP contribution in [-0.4, -0.2) is 11.6 Å². The highest BCUT2D eigenvalue weighted by Gasteiger charge is 2.42. The van der Waals surface area contributed by atoms with E-state index in [9.17, 15) is 4.79 Å². The summed E-state index contributed by atoms with van der Waals surface area (Å²) in [5.41, 5.74) is -0.227. The minimum Gasteiger partial charge on any atom is -0.451 e. The SMILES string of the molecule is C[C@H]1CCCC[C@]12C=CC(=O)O2. The van der Waals surface area contributed by atoms with Crippen LogP contribution in [0.1, 0.15) is 32.6 Å². The van der Waals surface area contributed by atoms with E-state index in [1.807, 2.05) is 6.08 Å². The van der Waals surface area contributed by atoms with Crippen LogP contribution in [0.5, 0.6) is 0 Å². The maximum Gasteiger partial charge on any atom is 0.331 e. The molecule has 0 aromatic carbocycles. The third-order valence-corrected chi connectivity index (χ3v) is 3.08. The predicted octanol–water partition coefficient (Wildman–Crippen LogP) is 2.05. The molecule has 0 aromatic rings. The molecule has 0 saturated heterocycles. The fourth-order valence-corrected chi connectivity index (χ4v) is 2.21. The molecule has 2 aliphatic rings. The third kappa shape index (κ3) is 1.06. The van der Waals surface area contributed by atoms with Crippen molar-refractivity contribution in [3.05, 3.63) is 12.2 Å². The molecule has 12 heavy (non-hydrogen) atoms. The van der Waals surface area contributed by atoms with Gasteiger partial charge in [0.15, 0.2) is 0 Å². The number of carbonyl (C=O) groups is 1. The van der Waals surface area contributed by atoms with Crippen LogP contribution in [-0.2, 0) is 9.53 Å². The Bertz CT molecular complexity index is 232. The van der Waals surface area contributed by atoms with E-state index in [4.69, 9.17) is 4.74 Å². The van der Waals surface area contributed by atoms with Gasteiger partial charge in [0.1, 0.15) is 5.60 Å². The first kappa shape index (κ1) is 7.84. The first-order chi connectivity index (χ1) is 5.73. The molecule has 0 bridgehead atoms. The molecule has 0 unspecified atom stereocenters. The Morgan fingerprint density at radius 1 is 1.58 bits per heavy atom. The van der Waals surface area contributed by atoms with Crippen LogP contribution in [0.25, 0.3) is 0 Å². The lowest BCUT2D eigenvalue weighted by Crippen LogP contribution is -2.38. The smallest absolute Gasteiger partial charge is 0.331 e. The molecule has 1 fully saturated rings. The molecule has 2 rings (SSSR count). The number of hydrogen-bond donors (Lipinski definition) is 0. The Labute approximate surface area is 72.6 Å². The van der Waals surface area contributed by atoms with Crippen molar-refractivity contribution < 1.29 is 9.53 Å². The zero-order chi connectivity index (χ0) is 8.60. The van der Waals surface area contributed by atoms with Gasteiger partial charge in [0.2, 0.25) is 0 Å². The summed E-state index contributed by atoms with van der Waals surface area (Å²) in [6, 6.07) is 0. The van der Waals surface area contributed by atoms with Gasteiger partial charge >= 0.3 is 5.97 Å². The molecule has 2 nitrogen and oxygen atoms in total. The molecule has 1 aliphatic carbocycles. The Hall–Kier alpha value is -0.790. The topological polar surface area (TPSA) is 26.3 Å². The van der Waals surface area contributed by atoms with Crippen molar-refractivity contribution in [1.82, 2.24) is 0 Å². The summed E-state index contributed by atoms with van der Waals surface area (Å²) in [7, 11) is 0. The van der Waals surface area contributed by atoms with E-state index in [0.717, 1.165) is 6.42 Å². The van der Waals surface area contributed by atoms with Gasteiger partial charge in [-0.2, -0.15) is 0 Å². The number of carbonyl (C=O) groups excluding carboxylic acids is 1. The lowest BCUT2D eigenvalue weighted by Gasteiger charge is -2.36. The largest absolute Gasteiger partial charge is 0.451 e. The summed E-state index contributed by atoms with van der Waals surface area (Å²) in [6.45, 7) is 2.17. The fraction of sp³-hybridized carbons (Fsp3) is 0.700. The summed E-state index contributed by atoms with van der Waals surface area (Å²) in [5, 5.41) is 0. The van der Waals surface area contributed by atoms with Crippen molar-refractivity contribution in [2.75, 3.05) is 0 Å². The van der Waals surface area contributed by atoms with Gasteiger partial charge in [0.25, 0.3) is 0 Å². The molecule has 0 radical (unpaired) electrons. The average Bonchev–Trinajstić information content (AvgIpc) is 2.41. The number of esters is 1. The monoisotopic (exact) mass is 166 g/mol. The Morgan fingerprint density at radius 3 is 3.00 bits per heavy atom. The third-order valence-electron chi connectivity index (χ3n) is 3.08. The normalized spacial score (nSPS) is 40.4. The van der Waals surface area contributed by atoms with E-state index >= 15 is 0 Å². The first-order valence-electron chi connectivity index (χ1n) is 4.65. The molecule has 1 aliphatic heterocycles. The summed E-state index contributed by atoms with van der Waals surface area (Å²) >= 11 is 0.